The molecule has 1 aliphatic heterocycles. The van der Waals surface area contributed by atoms with Crippen molar-refractivity contribution in [3.8, 4) is 0 Å². The van der Waals surface area contributed by atoms with Gasteiger partial charge in [-0.1, -0.05) is 0 Å². The lowest BCUT2D eigenvalue weighted by molar-refractivity contribution is -0.163. The molecule has 2 rings (SSSR count). The fourth-order valence-electron chi connectivity index (χ4n) is 2.37. The lowest BCUT2D eigenvalue weighted by Crippen LogP contribution is -2.48. The zero-order valence-corrected chi connectivity index (χ0v) is 10.8. The Bertz CT molecular complexity index is 327. The van der Waals surface area contributed by atoms with Crippen LogP contribution in [0.15, 0.2) is 11.6 Å². The first-order valence-corrected chi connectivity index (χ1v) is 5.94. The number of rotatable bonds is 4. The molecule has 0 aromatic rings. The number of methoxy groups -OCH3 is 1. The van der Waals surface area contributed by atoms with Crippen molar-refractivity contribution in [3.05, 3.63) is 11.6 Å². The van der Waals surface area contributed by atoms with Gasteiger partial charge in [0.15, 0.2) is 5.79 Å². The minimum Gasteiger partial charge on any atom is -0.392 e. The minimum absolute atomic E-state index is 0.114. The number of hydrogen-bond donors (Lipinski definition) is 2. The Balaban J connectivity index is 2.19. The van der Waals surface area contributed by atoms with Crippen molar-refractivity contribution in [1.82, 2.24) is 0 Å². The van der Waals surface area contributed by atoms with Gasteiger partial charge < -0.3 is 29.2 Å². The summed E-state index contributed by atoms with van der Waals surface area (Å²) in [7, 11) is 1.53. The quantitative estimate of drug-likeness (QED) is 0.538. The minimum atomic E-state index is -0.871. The molecule has 0 saturated carbocycles. The van der Waals surface area contributed by atoms with E-state index in [4.69, 9.17) is 18.9 Å². The number of hydrogen-bond acceptors (Lipinski definition) is 6. The molecule has 104 valence electrons. The molecule has 0 radical (unpaired) electrons. The first-order chi connectivity index (χ1) is 8.48. The predicted molar refractivity (Wildman–Crippen MR) is 61.7 cm³/mol. The molecule has 0 aromatic heterocycles. The third-order valence-corrected chi connectivity index (χ3v) is 3.12. The fourth-order valence-corrected chi connectivity index (χ4v) is 2.37. The fraction of sp³-hybridized carbons (Fsp3) is 0.833. The van der Waals surface area contributed by atoms with Gasteiger partial charge in [0.25, 0.3) is 0 Å². The van der Waals surface area contributed by atoms with E-state index in [0.29, 0.717) is 5.57 Å². The van der Waals surface area contributed by atoms with Crippen LogP contribution in [-0.2, 0) is 18.9 Å². The van der Waals surface area contributed by atoms with Crippen molar-refractivity contribution >= 4 is 0 Å². The van der Waals surface area contributed by atoms with Crippen molar-refractivity contribution in [2.24, 2.45) is 0 Å². The number of aliphatic hydroxyl groups is 2. The molecule has 1 fully saturated rings. The van der Waals surface area contributed by atoms with E-state index in [0.717, 1.165) is 0 Å². The van der Waals surface area contributed by atoms with Crippen LogP contribution in [0.1, 0.15) is 13.8 Å². The largest absolute Gasteiger partial charge is 0.392 e. The third-order valence-electron chi connectivity index (χ3n) is 3.12. The van der Waals surface area contributed by atoms with Crippen LogP contribution >= 0.6 is 0 Å². The first-order valence-electron chi connectivity index (χ1n) is 5.94. The molecule has 0 bridgehead atoms. The molecule has 6 heteroatoms. The monoisotopic (exact) mass is 260 g/mol. The summed E-state index contributed by atoms with van der Waals surface area (Å²) in [5, 5.41) is 19.3. The maximum atomic E-state index is 10.1. The summed E-state index contributed by atoms with van der Waals surface area (Å²) in [6.07, 6.45) is -0.531. The van der Waals surface area contributed by atoms with Crippen molar-refractivity contribution in [1.29, 1.82) is 0 Å². The van der Waals surface area contributed by atoms with E-state index >= 15 is 0 Å². The topological polar surface area (TPSA) is 77.4 Å². The highest BCUT2D eigenvalue weighted by atomic mass is 16.8. The number of ether oxygens (including phenoxy) is 4. The van der Waals surface area contributed by atoms with E-state index in [9.17, 15) is 10.2 Å². The van der Waals surface area contributed by atoms with Crippen LogP contribution in [0.5, 0.6) is 0 Å². The van der Waals surface area contributed by atoms with Gasteiger partial charge in [-0.05, 0) is 25.5 Å². The Labute approximate surface area is 106 Å². The van der Waals surface area contributed by atoms with E-state index in [2.05, 4.69) is 0 Å². The van der Waals surface area contributed by atoms with Crippen LogP contribution in [0.4, 0.5) is 0 Å². The van der Waals surface area contributed by atoms with Crippen LogP contribution in [0, 0.1) is 0 Å². The van der Waals surface area contributed by atoms with E-state index in [1.165, 1.54) is 7.11 Å². The highest BCUT2D eigenvalue weighted by Crippen LogP contribution is 2.37. The van der Waals surface area contributed by atoms with Crippen LogP contribution in [0.25, 0.3) is 0 Å². The second-order valence-electron chi connectivity index (χ2n) is 4.95. The second kappa shape index (κ2) is 5.24. The highest BCUT2D eigenvalue weighted by molar-refractivity contribution is 5.22. The van der Waals surface area contributed by atoms with Crippen molar-refractivity contribution < 1.29 is 29.2 Å². The maximum absolute atomic E-state index is 10.1. The molecule has 1 saturated heterocycles. The zero-order chi connectivity index (χ0) is 13.3. The Morgan fingerprint density at radius 3 is 2.61 bits per heavy atom. The summed E-state index contributed by atoms with van der Waals surface area (Å²) in [5.41, 5.74) is 0.485. The standard InChI is InChI=1S/C12H20O6/c1-12(2)17-10-8(16-6-15-3)4-7(5-13)9(14)11(10)18-12/h4,8-11,13-14H,5-6H2,1-3H3/t8-,9-,10-,11-/m0/s1. The average Bonchev–Trinajstić information content (AvgIpc) is 2.65. The molecular formula is C12H20O6. The summed E-state index contributed by atoms with van der Waals surface area (Å²) >= 11 is 0. The molecule has 18 heavy (non-hydrogen) atoms. The smallest absolute Gasteiger partial charge is 0.164 e. The lowest BCUT2D eigenvalue weighted by Gasteiger charge is -2.33. The Hall–Kier alpha value is -0.500. The summed E-state index contributed by atoms with van der Waals surface area (Å²) in [5.74, 6) is -0.774. The van der Waals surface area contributed by atoms with Crippen molar-refractivity contribution in [2.75, 3.05) is 20.5 Å². The van der Waals surface area contributed by atoms with E-state index in [-0.39, 0.29) is 13.4 Å². The summed E-state index contributed by atoms with van der Waals surface area (Å²) < 4.78 is 21.8. The van der Waals surface area contributed by atoms with Gasteiger partial charge in [0, 0.05) is 7.11 Å². The molecule has 0 aromatic carbocycles. The number of aliphatic hydroxyl groups excluding tert-OH is 2. The van der Waals surface area contributed by atoms with Crippen molar-refractivity contribution in [3.63, 3.8) is 0 Å². The lowest BCUT2D eigenvalue weighted by atomic mass is 9.90. The molecule has 2 N–H and O–H groups in total. The zero-order valence-electron chi connectivity index (χ0n) is 10.8. The summed E-state index contributed by atoms with van der Waals surface area (Å²) in [4.78, 5) is 0. The summed E-state index contributed by atoms with van der Waals surface area (Å²) in [6, 6.07) is 0. The Morgan fingerprint density at radius 1 is 1.33 bits per heavy atom. The Morgan fingerprint density at radius 2 is 2.00 bits per heavy atom. The van der Waals surface area contributed by atoms with Gasteiger partial charge in [0.05, 0.1) is 6.61 Å². The number of fused-ring (bicyclic) bond motifs is 1. The predicted octanol–water partition coefficient (Wildman–Crippen LogP) is -0.211. The highest BCUT2D eigenvalue weighted by Gasteiger charge is 2.51. The molecule has 1 heterocycles. The van der Waals surface area contributed by atoms with Crippen molar-refractivity contribution in [2.45, 2.75) is 44.1 Å². The van der Waals surface area contributed by atoms with Gasteiger partial charge in [-0.25, -0.2) is 0 Å². The van der Waals surface area contributed by atoms with Gasteiger partial charge in [0.2, 0.25) is 0 Å². The van der Waals surface area contributed by atoms with Gasteiger partial charge in [0.1, 0.15) is 31.2 Å². The second-order valence-corrected chi connectivity index (χ2v) is 4.95. The normalized spacial score (nSPS) is 38.4. The van der Waals surface area contributed by atoms with Crippen LogP contribution in [0.3, 0.4) is 0 Å². The SMILES string of the molecule is COCO[C@H]1C=C(CO)[C@H](O)[C@@H]2OC(C)(C)O[C@H]21. The van der Waals surface area contributed by atoms with Gasteiger partial charge in [-0.2, -0.15) is 0 Å². The molecule has 0 unspecified atom stereocenters. The molecular weight excluding hydrogens is 240 g/mol. The third kappa shape index (κ3) is 2.59. The molecule has 6 nitrogen and oxygen atoms in total. The first kappa shape index (κ1) is 13.9. The molecule has 4 atom stereocenters. The maximum Gasteiger partial charge on any atom is 0.164 e. The van der Waals surface area contributed by atoms with E-state index in [1.54, 1.807) is 19.9 Å². The molecule has 2 aliphatic rings. The van der Waals surface area contributed by atoms with E-state index < -0.39 is 30.2 Å². The van der Waals surface area contributed by atoms with E-state index in [1.807, 2.05) is 0 Å². The van der Waals surface area contributed by atoms with Gasteiger partial charge in [-0.3, -0.25) is 0 Å². The molecule has 1 aliphatic carbocycles. The average molecular weight is 260 g/mol. The molecule has 0 spiro atoms. The Kier molecular flexibility index (Phi) is 4.05. The van der Waals surface area contributed by atoms with Gasteiger partial charge in [-0.15, -0.1) is 0 Å². The molecule has 0 amide bonds. The van der Waals surface area contributed by atoms with Crippen LogP contribution < -0.4 is 0 Å². The van der Waals surface area contributed by atoms with Gasteiger partial charge >= 0.3 is 0 Å². The van der Waals surface area contributed by atoms with Crippen LogP contribution in [-0.4, -0.2) is 60.9 Å². The van der Waals surface area contributed by atoms with Crippen LogP contribution in [0.2, 0.25) is 0 Å². The summed E-state index contributed by atoms with van der Waals surface area (Å²) in [6.45, 7) is 3.44.